The minimum absolute atomic E-state index is 0.452. The second-order valence-electron chi connectivity index (χ2n) is 17.9. The Morgan fingerprint density at radius 1 is 0.312 bits per heavy atom. The zero-order valence-corrected chi connectivity index (χ0v) is 34.8. The molecule has 1 aromatic heterocycles. The van der Waals surface area contributed by atoms with Gasteiger partial charge in [0.1, 0.15) is 0 Å². The van der Waals surface area contributed by atoms with Gasteiger partial charge in [0.25, 0.3) is 0 Å². The number of anilines is 3. The maximum atomic E-state index is 2.56. The average Bonchev–Trinajstić information content (AvgIpc) is 4.06. The first-order valence-electron chi connectivity index (χ1n) is 22.4. The lowest BCUT2D eigenvalue weighted by atomic mass is 9.65. The number of aromatic nitrogens is 1. The van der Waals surface area contributed by atoms with E-state index < -0.39 is 10.8 Å². The van der Waals surface area contributed by atoms with Crippen molar-refractivity contribution in [1.82, 2.24) is 4.57 Å². The van der Waals surface area contributed by atoms with Gasteiger partial charge in [-0.25, -0.2) is 0 Å². The van der Waals surface area contributed by atoms with E-state index in [0.717, 1.165) is 11.4 Å². The second-order valence-corrected chi connectivity index (χ2v) is 17.9. The van der Waals surface area contributed by atoms with Crippen LogP contribution in [0.3, 0.4) is 0 Å². The van der Waals surface area contributed by atoms with Gasteiger partial charge in [0.15, 0.2) is 0 Å². The molecule has 4 aliphatic rings. The van der Waals surface area contributed by atoms with Crippen LogP contribution in [0.25, 0.3) is 60.9 Å². The molecule has 2 spiro atoms. The maximum absolute atomic E-state index is 2.56. The highest BCUT2D eigenvalue weighted by Gasteiger charge is 2.53. The van der Waals surface area contributed by atoms with Crippen molar-refractivity contribution < 1.29 is 0 Å². The number of hydrogen-bond acceptors (Lipinski definition) is 1. The first kappa shape index (κ1) is 34.4. The highest BCUT2D eigenvalue weighted by Crippen LogP contribution is 2.66. The van der Waals surface area contributed by atoms with Gasteiger partial charge in [0, 0.05) is 27.7 Å². The summed E-state index contributed by atoms with van der Waals surface area (Å²) in [6.07, 6.45) is 0. The number of hydrogen-bond donors (Lipinski definition) is 0. The topological polar surface area (TPSA) is 8.17 Å². The van der Waals surface area contributed by atoms with Crippen LogP contribution in [0.2, 0.25) is 0 Å². The largest absolute Gasteiger partial charge is 0.310 e. The van der Waals surface area contributed by atoms with Crippen LogP contribution in [-0.4, -0.2) is 4.57 Å². The van der Waals surface area contributed by atoms with E-state index in [1.807, 2.05) is 0 Å². The third-order valence-corrected chi connectivity index (χ3v) is 15.2. The fraction of sp³-hybridized carbons (Fsp3) is 0.0323. The van der Waals surface area contributed by atoms with Crippen molar-refractivity contribution in [2.75, 3.05) is 4.90 Å². The molecule has 11 aromatic rings. The van der Waals surface area contributed by atoms with Crippen molar-refractivity contribution in [2.45, 2.75) is 10.8 Å². The Balaban J connectivity index is 1.09. The Morgan fingerprint density at radius 3 is 1.41 bits per heavy atom. The molecular formula is C62H38N2. The average molecular weight is 811 g/mol. The fourth-order valence-corrected chi connectivity index (χ4v) is 13.0. The normalized spacial score (nSPS) is 14.5. The van der Waals surface area contributed by atoms with Crippen LogP contribution >= 0.6 is 0 Å². The van der Waals surface area contributed by atoms with Gasteiger partial charge in [-0.15, -0.1) is 0 Å². The van der Waals surface area contributed by atoms with E-state index in [-0.39, 0.29) is 0 Å². The molecular weight excluding hydrogens is 773 g/mol. The molecule has 0 bridgehead atoms. The zero-order valence-electron chi connectivity index (χ0n) is 34.8. The van der Waals surface area contributed by atoms with Crippen molar-refractivity contribution in [3.05, 3.63) is 275 Å². The quantitative estimate of drug-likeness (QED) is 0.173. The number of rotatable bonds is 3. The summed E-state index contributed by atoms with van der Waals surface area (Å²) in [5, 5.41) is 2.50. The molecule has 0 unspecified atom stereocenters. The van der Waals surface area contributed by atoms with Gasteiger partial charge >= 0.3 is 0 Å². The van der Waals surface area contributed by atoms with Crippen molar-refractivity contribution in [3.8, 4) is 39.1 Å². The number of benzene rings is 10. The van der Waals surface area contributed by atoms with E-state index in [0.29, 0.717) is 0 Å². The minimum Gasteiger partial charge on any atom is -0.310 e. The SMILES string of the molecule is c1ccc(N(c2cc3c4c(c2)c2ccccc2n4-c2ccccc2C32c3ccccc3-c3ccccc32)c2cccc3c2-c2ccccc2C32c3ccccc3-c3ccccc32)cc1. The molecule has 10 aromatic carbocycles. The molecule has 0 N–H and O–H groups in total. The van der Waals surface area contributed by atoms with Crippen LogP contribution in [-0.2, 0) is 10.8 Å². The van der Waals surface area contributed by atoms with Crippen molar-refractivity contribution in [1.29, 1.82) is 0 Å². The fourth-order valence-electron chi connectivity index (χ4n) is 13.0. The van der Waals surface area contributed by atoms with Crippen LogP contribution in [0.5, 0.6) is 0 Å². The summed E-state index contributed by atoms with van der Waals surface area (Å²) in [5.41, 5.74) is 24.6. The molecule has 2 nitrogen and oxygen atoms in total. The Labute approximate surface area is 371 Å². The van der Waals surface area contributed by atoms with Crippen LogP contribution in [0.4, 0.5) is 17.1 Å². The monoisotopic (exact) mass is 810 g/mol. The van der Waals surface area contributed by atoms with E-state index in [4.69, 9.17) is 0 Å². The summed E-state index contributed by atoms with van der Waals surface area (Å²) >= 11 is 0. The zero-order chi connectivity index (χ0) is 41.7. The lowest BCUT2D eigenvalue weighted by Gasteiger charge is -2.40. The predicted octanol–water partition coefficient (Wildman–Crippen LogP) is 15.3. The van der Waals surface area contributed by atoms with E-state index in [2.05, 4.69) is 240 Å². The highest BCUT2D eigenvalue weighted by atomic mass is 15.1. The number of fused-ring (bicyclic) bond motifs is 22. The number of nitrogens with zero attached hydrogens (tertiary/aromatic N) is 2. The molecule has 0 radical (unpaired) electrons. The Morgan fingerprint density at radius 2 is 0.781 bits per heavy atom. The Bertz CT molecular complexity index is 3720. The molecule has 0 saturated carbocycles. The lowest BCUT2D eigenvalue weighted by molar-refractivity contribution is 0.748. The molecule has 0 fully saturated rings. The summed E-state index contributed by atoms with van der Waals surface area (Å²) in [6, 6.07) is 87.0. The molecule has 3 aliphatic carbocycles. The molecule has 296 valence electrons. The molecule has 15 rings (SSSR count). The summed E-state index contributed by atoms with van der Waals surface area (Å²) in [5.74, 6) is 0. The van der Waals surface area contributed by atoms with Crippen LogP contribution < -0.4 is 4.90 Å². The summed E-state index contributed by atoms with van der Waals surface area (Å²) in [6.45, 7) is 0. The third-order valence-electron chi connectivity index (χ3n) is 15.2. The molecule has 0 saturated heterocycles. The van der Waals surface area contributed by atoms with Gasteiger partial charge in [0.05, 0.1) is 33.2 Å². The van der Waals surface area contributed by atoms with Crippen molar-refractivity contribution in [3.63, 3.8) is 0 Å². The first-order valence-corrected chi connectivity index (χ1v) is 22.4. The van der Waals surface area contributed by atoms with Gasteiger partial charge in [-0.1, -0.05) is 188 Å². The standard InChI is InChI=1S/C62H38N2/c1-2-19-39(20-3-1)63(58-36-18-33-54-59(58)46-26-8-14-31-52(46)61(54)48-27-10-4-21-41(48)42-22-5-11-28-49(42)61)40-37-47-45-25-9-16-34-56(45)64-57-35-17-15-32-53(57)62(55(38-40)60(47)64)50-29-12-6-23-43(50)44-24-7-13-30-51(44)62/h1-38H. The minimum atomic E-state index is -0.558. The first-order chi connectivity index (χ1) is 31.8. The van der Waals surface area contributed by atoms with Crippen molar-refractivity contribution in [2.24, 2.45) is 0 Å². The smallest absolute Gasteiger partial charge is 0.0755 e. The van der Waals surface area contributed by atoms with E-state index >= 15 is 0 Å². The number of para-hydroxylation sites is 3. The molecule has 2 heterocycles. The van der Waals surface area contributed by atoms with Gasteiger partial charge in [0.2, 0.25) is 0 Å². The van der Waals surface area contributed by atoms with E-state index in [1.165, 1.54) is 111 Å². The van der Waals surface area contributed by atoms with E-state index in [1.54, 1.807) is 0 Å². The van der Waals surface area contributed by atoms with Crippen molar-refractivity contribution >= 4 is 38.9 Å². The third kappa shape index (κ3) is 3.95. The van der Waals surface area contributed by atoms with Crippen LogP contribution in [0.15, 0.2) is 231 Å². The van der Waals surface area contributed by atoms with Gasteiger partial charge in [-0.2, -0.15) is 0 Å². The molecule has 0 atom stereocenters. The Kier molecular flexibility index (Phi) is 6.58. The predicted molar refractivity (Wildman–Crippen MR) is 263 cm³/mol. The molecule has 2 heteroatoms. The Hall–Kier alpha value is -8.20. The summed E-state index contributed by atoms with van der Waals surface area (Å²) < 4.78 is 2.55. The maximum Gasteiger partial charge on any atom is 0.0755 e. The molecule has 64 heavy (non-hydrogen) atoms. The summed E-state index contributed by atoms with van der Waals surface area (Å²) in [7, 11) is 0. The second kappa shape index (κ2) is 12.2. The molecule has 0 amide bonds. The van der Waals surface area contributed by atoms with Crippen LogP contribution in [0, 0.1) is 0 Å². The van der Waals surface area contributed by atoms with Gasteiger partial charge < -0.3 is 9.47 Å². The van der Waals surface area contributed by atoms with E-state index in [9.17, 15) is 0 Å². The highest BCUT2D eigenvalue weighted by molar-refractivity contribution is 6.15. The molecule has 1 aliphatic heterocycles. The van der Waals surface area contributed by atoms with Gasteiger partial charge in [-0.3, -0.25) is 0 Å². The summed E-state index contributed by atoms with van der Waals surface area (Å²) in [4.78, 5) is 2.56. The van der Waals surface area contributed by atoms with Gasteiger partial charge in [-0.05, 0) is 115 Å². The van der Waals surface area contributed by atoms with Crippen LogP contribution in [0.1, 0.15) is 44.5 Å². The lowest BCUT2D eigenvalue weighted by Crippen LogP contribution is -2.33.